The van der Waals surface area contributed by atoms with E-state index >= 15 is 0 Å². The van der Waals surface area contributed by atoms with Crippen molar-refractivity contribution >= 4 is 17.7 Å². The van der Waals surface area contributed by atoms with Gasteiger partial charge in [0.15, 0.2) is 0 Å². The van der Waals surface area contributed by atoms with Crippen molar-refractivity contribution in [1.29, 1.82) is 5.26 Å². The van der Waals surface area contributed by atoms with Crippen LogP contribution < -0.4 is 10.6 Å². The summed E-state index contributed by atoms with van der Waals surface area (Å²) in [7, 11) is 0. The molecule has 0 amide bonds. The van der Waals surface area contributed by atoms with Crippen molar-refractivity contribution in [2.24, 2.45) is 15.8 Å². The molecule has 0 bridgehead atoms. The van der Waals surface area contributed by atoms with E-state index in [1.807, 2.05) is 66.7 Å². The van der Waals surface area contributed by atoms with Crippen LogP contribution in [0, 0.1) is 11.3 Å². The van der Waals surface area contributed by atoms with Gasteiger partial charge in [-0.15, -0.1) is 4.59 Å². The predicted molar refractivity (Wildman–Crippen MR) is 120 cm³/mol. The lowest BCUT2D eigenvalue weighted by Crippen LogP contribution is -2.53. The van der Waals surface area contributed by atoms with Gasteiger partial charge in [-0.3, -0.25) is 4.99 Å². The SMILES string of the molecule is N#Cc1ccc(C2=C3C=NC=C[N+]3(N)C(c3ccc(Oc4ccccc4)cc3)=N2)cc1. The zero-order valence-corrected chi connectivity index (χ0v) is 16.5. The van der Waals surface area contributed by atoms with Crippen molar-refractivity contribution in [3.63, 3.8) is 0 Å². The molecule has 2 aliphatic rings. The fourth-order valence-electron chi connectivity index (χ4n) is 3.59. The van der Waals surface area contributed by atoms with Crippen molar-refractivity contribution in [1.82, 2.24) is 0 Å². The number of nitriles is 1. The average molecular weight is 404 g/mol. The van der Waals surface area contributed by atoms with Gasteiger partial charge in [-0.2, -0.15) is 16.1 Å². The van der Waals surface area contributed by atoms with Crippen LogP contribution in [0.1, 0.15) is 16.7 Å². The minimum atomic E-state index is -0.0717. The Morgan fingerprint density at radius 3 is 2.23 bits per heavy atom. The lowest BCUT2D eigenvalue weighted by atomic mass is 10.1. The average Bonchev–Trinajstić information content (AvgIpc) is 3.13. The van der Waals surface area contributed by atoms with Crippen molar-refractivity contribution in [3.8, 4) is 17.6 Å². The fourth-order valence-corrected chi connectivity index (χ4v) is 3.59. The summed E-state index contributed by atoms with van der Waals surface area (Å²) in [5, 5.41) is 9.08. The Morgan fingerprint density at radius 2 is 1.52 bits per heavy atom. The third-order valence-electron chi connectivity index (χ3n) is 5.17. The molecule has 1 unspecified atom stereocenters. The van der Waals surface area contributed by atoms with Gasteiger partial charge in [-0.1, -0.05) is 30.3 Å². The molecule has 3 aromatic carbocycles. The van der Waals surface area contributed by atoms with Crippen LogP contribution >= 0.6 is 0 Å². The second-order valence-corrected chi connectivity index (χ2v) is 7.15. The molecule has 0 aromatic heterocycles. The largest absolute Gasteiger partial charge is 0.457 e. The van der Waals surface area contributed by atoms with E-state index in [0.717, 1.165) is 34.0 Å². The topological polar surface area (TPSA) is 83.8 Å². The minimum absolute atomic E-state index is 0.0717. The van der Waals surface area contributed by atoms with Crippen molar-refractivity contribution in [2.45, 2.75) is 0 Å². The number of hydrogen-bond donors (Lipinski definition) is 1. The highest BCUT2D eigenvalue weighted by Gasteiger charge is 2.44. The molecule has 2 N–H and O–H groups in total. The number of nitrogens with zero attached hydrogens (tertiary/aromatic N) is 4. The highest BCUT2D eigenvalue weighted by molar-refractivity contribution is 6.06. The summed E-state index contributed by atoms with van der Waals surface area (Å²) in [4.78, 5) is 9.15. The zero-order valence-electron chi connectivity index (χ0n) is 16.5. The molecule has 2 heterocycles. The lowest BCUT2D eigenvalue weighted by molar-refractivity contribution is -0.749. The van der Waals surface area contributed by atoms with Crippen LogP contribution in [0.5, 0.6) is 11.5 Å². The number of para-hydroxylation sites is 1. The normalized spacial score (nSPS) is 19.0. The molecule has 3 aromatic rings. The maximum atomic E-state index is 9.08. The van der Waals surface area contributed by atoms with Gasteiger partial charge in [0.1, 0.15) is 23.4 Å². The van der Waals surface area contributed by atoms with Gasteiger partial charge in [-0.25, -0.2) is 0 Å². The number of benzene rings is 3. The summed E-state index contributed by atoms with van der Waals surface area (Å²) in [5.74, 6) is 8.96. The number of fused-ring (bicyclic) bond motifs is 1. The highest BCUT2D eigenvalue weighted by atomic mass is 16.5. The van der Waals surface area contributed by atoms with Gasteiger partial charge < -0.3 is 4.74 Å². The van der Waals surface area contributed by atoms with Crippen LogP contribution in [0.15, 0.2) is 107 Å². The third-order valence-corrected chi connectivity index (χ3v) is 5.17. The Bertz CT molecular complexity index is 1300. The van der Waals surface area contributed by atoms with E-state index in [2.05, 4.69) is 11.1 Å². The Kier molecular flexibility index (Phi) is 4.53. The van der Waals surface area contributed by atoms with Gasteiger partial charge in [0.05, 0.1) is 29.6 Å². The number of allylic oxidation sites excluding steroid dienone is 1. The summed E-state index contributed by atoms with van der Waals surface area (Å²) >= 11 is 0. The molecule has 2 aliphatic heterocycles. The molecule has 148 valence electrons. The van der Waals surface area contributed by atoms with E-state index < -0.39 is 0 Å². The van der Waals surface area contributed by atoms with Crippen LogP contribution in [-0.4, -0.2) is 16.6 Å². The first-order valence-electron chi connectivity index (χ1n) is 9.73. The summed E-state index contributed by atoms with van der Waals surface area (Å²) < 4.78 is 5.82. The molecule has 6 nitrogen and oxygen atoms in total. The van der Waals surface area contributed by atoms with E-state index in [1.165, 1.54) is 0 Å². The number of ether oxygens (including phenoxy) is 1. The van der Waals surface area contributed by atoms with E-state index in [4.69, 9.17) is 20.8 Å². The van der Waals surface area contributed by atoms with Crippen molar-refractivity contribution < 1.29 is 9.33 Å². The van der Waals surface area contributed by atoms with Crippen LogP contribution in [0.3, 0.4) is 0 Å². The van der Waals surface area contributed by atoms with Gasteiger partial charge >= 0.3 is 0 Å². The first-order chi connectivity index (χ1) is 15.2. The second-order valence-electron chi connectivity index (χ2n) is 7.15. The van der Waals surface area contributed by atoms with E-state index in [0.29, 0.717) is 11.4 Å². The van der Waals surface area contributed by atoms with Gasteiger partial charge in [0, 0.05) is 5.56 Å². The Hall–Kier alpha value is -4.31. The molecular weight excluding hydrogens is 386 g/mol. The molecule has 1 atom stereocenters. The number of nitrogens with two attached hydrogens (primary N) is 1. The van der Waals surface area contributed by atoms with E-state index in [-0.39, 0.29) is 4.59 Å². The van der Waals surface area contributed by atoms with E-state index in [9.17, 15) is 0 Å². The number of rotatable bonds is 4. The standard InChI is InChI=1S/C25H18N5O/c26-16-18-6-8-19(9-7-18)24-23-17-28-14-15-30(23,27)25(29-24)20-10-12-22(13-11-20)31-21-4-2-1-3-5-21/h1-15,17H,27H2/q+1. The molecule has 0 radical (unpaired) electrons. The lowest BCUT2D eigenvalue weighted by Gasteiger charge is -2.26. The fraction of sp³-hybridized carbons (Fsp3) is 0. The van der Waals surface area contributed by atoms with Crippen LogP contribution in [-0.2, 0) is 0 Å². The Balaban J connectivity index is 1.51. The smallest absolute Gasteiger partial charge is 0.265 e. The molecular formula is C25H18N5O+. The predicted octanol–water partition coefficient (Wildman–Crippen LogP) is 4.73. The quantitative estimate of drug-likeness (QED) is 0.504. The first-order valence-corrected chi connectivity index (χ1v) is 9.73. The molecule has 5 rings (SSSR count). The Labute approximate surface area is 179 Å². The molecule has 0 saturated heterocycles. The zero-order chi connectivity index (χ0) is 21.3. The molecule has 0 fully saturated rings. The molecule has 31 heavy (non-hydrogen) atoms. The number of amidine groups is 1. The van der Waals surface area contributed by atoms with E-state index in [1.54, 1.807) is 30.7 Å². The van der Waals surface area contributed by atoms with Crippen molar-refractivity contribution in [2.75, 3.05) is 0 Å². The van der Waals surface area contributed by atoms with Gasteiger partial charge in [0.2, 0.25) is 5.70 Å². The molecule has 0 aliphatic carbocycles. The summed E-state index contributed by atoms with van der Waals surface area (Å²) in [6.45, 7) is 0. The molecule has 0 spiro atoms. The number of aliphatic imine (C=N–C) groups is 2. The maximum absolute atomic E-state index is 9.08. The first kappa shape index (κ1) is 18.7. The summed E-state index contributed by atoms with van der Waals surface area (Å²) in [5.41, 5.74) is 3.86. The number of hydrogen-bond acceptors (Lipinski definition) is 5. The van der Waals surface area contributed by atoms with Crippen molar-refractivity contribution in [3.05, 3.63) is 114 Å². The summed E-state index contributed by atoms with van der Waals surface area (Å²) in [6.07, 6.45) is 5.21. The van der Waals surface area contributed by atoms with Crippen LogP contribution in [0.4, 0.5) is 0 Å². The minimum Gasteiger partial charge on any atom is -0.457 e. The van der Waals surface area contributed by atoms with Crippen LogP contribution in [0.25, 0.3) is 5.70 Å². The summed E-state index contributed by atoms with van der Waals surface area (Å²) in [6, 6.07) is 26.8. The second kappa shape index (κ2) is 7.50. The van der Waals surface area contributed by atoms with Gasteiger partial charge in [-0.05, 0) is 48.5 Å². The maximum Gasteiger partial charge on any atom is 0.265 e. The molecule has 6 heteroatoms. The highest BCUT2D eigenvalue weighted by Crippen LogP contribution is 2.36. The third kappa shape index (κ3) is 3.34. The van der Waals surface area contributed by atoms with Gasteiger partial charge in [0.25, 0.3) is 5.84 Å². The Morgan fingerprint density at radius 1 is 0.839 bits per heavy atom. The monoisotopic (exact) mass is 404 g/mol. The number of quaternary nitrogens is 1. The molecule has 0 saturated carbocycles. The van der Waals surface area contributed by atoms with Crippen LogP contribution in [0.2, 0.25) is 0 Å².